The van der Waals surface area contributed by atoms with E-state index in [0.29, 0.717) is 17.1 Å². The molecule has 0 aromatic heterocycles. The average molecular weight is 267 g/mol. The normalized spacial score (nSPS) is 11.4. The molecule has 0 aliphatic carbocycles. The van der Waals surface area contributed by atoms with Crippen molar-refractivity contribution in [2.45, 2.75) is 13.0 Å². The molecule has 1 rings (SSSR count). The van der Waals surface area contributed by atoms with Gasteiger partial charge in [-0.05, 0) is 25.1 Å². The molecular formula is C13H17NO5. The van der Waals surface area contributed by atoms with Crippen molar-refractivity contribution in [1.29, 1.82) is 0 Å². The van der Waals surface area contributed by atoms with Gasteiger partial charge in [-0.2, -0.15) is 0 Å². The number of Topliss-reactive ketones (excluding diaryl/α,β-unsaturated/α-hetero) is 1. The molecule has 104 valence electrons. The summed E-state index contributed by atoms with van der Waals surface area (Å²) in [5, 5.41) is 2.41. The lowest BCUT2D eigenvalue weighted by Crippen LogP contribution is -2.38. The first-order valence-corrected chi connectivity index (χ1v) is 5.64. The molecule has 6 heteroatoms. The molecule has 1 aromatic carbocycles. The highest BCUT2D eigenvalue weighted by molar-refractivity contribution is 6.03. The molecule has 1 amide bonds. The summed E-state index contributed by atoms with van der Waals surface area (Å²) in [6.07, 6.45) is -0.664. The van der Waals surface area contributed by atoms with Crippen molar-refractivity contribution in [1.82, 2.24) is 5.32 Å². The monoisotopic (exact) mass is 267 g/mol. The Bertz CT molecular complexity index is 472. The first-order valence-electron chi connectivity index (χ1n) is 5.64. The maximum Gasteiger partial charge on any atom is 0.407 e. The van der Waals surface area contributed by atoms with E-state index < -0.39 is 12.1 Å². The first kappa shape index (κ1) is 14.8. The summed E-state index contributed by atoms with van der Waals surface area (Å²) in [5.74, 6) is 0.667. The maximum atomic E-state index is 12.2. The van der Waals surface area contributed by atoms with Crippen LogP contribution in [0.4, 0.5) is 4.79 Å². The van der Waals surface area contributed by atoms with Gasteiger partial charge in [-0.15, -0.1) is 0 Å². The Labute approximate surface area is 111 Å². The van der Waals surface area contributed by atoms with Gasteiger partial charge in [-0.3, -0.25) is 4.79 Å². The minimum atomic E-state index is -0.728. The van der Waals surface area contributed by atoms with E-state index in [1.807, 2.05) is 0 Å². The molecule has 1 unspecified atom stereocenters. The fraction of sp³-hybridized carbons (Fsp3) is 0.385. The Morgan fingerprint density at radius 2 is 1.84 bits per heavy atom. The predicted octanol–water partition coefficient (Wildman–Crippen LogP) is 1.63. The summed E-state index contributed by atoms with van der Waals surface area (Å²) < 4.78 is 14.6. The molecule has 0 radical (unpaired) electrons. The number of ether oxygens (including phenoxy) is 3. The molecule has 0 heterocycles. The number of rotatable bonds is 5. The van der Waals surface area contributed by atoms with E-state index in [2.05, 4.69) is 10.1 Å². The van der Waals surface area contributed by atoms with E-state index in [1.165, 1.54) is 21.3 Å². The highest BCUT2D eigenvalue weighted by Crippen LogP contribution is 2.25. The molecule has 1 aromatic rings. The molecule has 0 aliphatic rings. The number of carbonyl (C=O) groups is 2. The van der Waals surface area contributed by atoms with Crippen LogP contribution in [0.25, 0.3) is 0 Å². The van der Waals surface area contributed by atoms with Gasteiger partial charge in [0.05, 0.1) is 32.9 Å². The highest BCUT2D eigenvalue weighted by Gasteiger charge is 2.21. The minimum absolute atomic E-state index is 0.291. The zero-order valence-electron chi connectivity index (χ0n) is 11.4. The van der Waals surface area contributed by atoms with Crippen LogP contribution in [0.15, 0.2) is 18.2 Å². The Balaban J connectivity index is 2.99. The van der Waals surface area contributed by atoms with Crippen LogP contribution in [-0.2, 0) is 4.74 Å². The molecular weight excluding hydrogens is 250 g/mol. The van der Waals surface area contributed by atoms with Gasteiger partial charge >= 0.3 is 6.09 Å². The van der Waals surface area contributed by atoms with E-state index in [4.69, 9.17) is 9.47 Å². The third-order valence-electron chi connectivity index (χ3n) is 2.59. The van der Waals surface area contributed by atoms with Crippen LogP contribution >= 0.6 is 0 Å². The van der Waals surface area contributed by atoms with Crippen LogP contribution in [0, 0.1) is 0 Å². The third kappa shape index (κ3) is 3.61. The Morgan fingerprint density at radius 1 is 1.16 bits per heavy atom. The second-order valence-corrected chi connectivity index (χ2v) is 3.79. The molecule has 0 saturated heterocycles. The predicted molar refractivity (Wildman–Crippen MR) is 68.9 cm³/mol. The SMILES string of the molecule is COC(=O)NC(C)C(=O)c1cc(OC)ccc1OC. The van der Waals surface area contributed by atoms with Crippen LogP contribution in [0.2, 0.25) is 0 Å². The van der Waals surface area contributed by atoms with Crippen molar-refractivity contribution >= 4 is 11.9 Å². The summed E-state index contributed by atoms with van der Waals surface area (Å²) >= 11 is 0. The van der Waals surface area contributed by atoms with E-state index in [-0.39, 0.29) is 5.78 Å². The number of ketones is 1. The smallest absolute Gasteiger partial charge is 0.407 e. The van der Waals surface area contributed by atoms with Crippen LogP contribution in [0.5, 0.6) is 11.5 Å². The van der Waals surface area contributed by atoms with Crippen molar-refractivity contribution in [3.63, 3.8) is 0 Å². The zero-order chi connectivity index (χ0) is 14.4. The van der Waals surface area contributed by atoms with Crippen molar-refractivity contribution in [3.8, 4) is 11.5 Å². The van der Waals surface area contributed by atoms with Gasteiger partial charge in [0.25, 0.3) is 0 Å². The van der Waals surface area contributed by atoms with Crippen molar-refractivity contribution < 1.29 is 23.8 Å². The number of hydrogen-bond donors (Lipinski definition) is 1. The van der Waals surface area contributed by atoms with Crippen molar-refractivity contribution in [2.24, 2.45) is 0 Å². The van der Waals surface area contributed by atoms with Gasteiger partial charge < -0.3 is 19.5 Å². The van der Waals surface area contributed by atoms with Crippen molar-refractivity contribution in [2.75, 3.05) is 21.3 Å². The van der Waals surface area contributed by atoms with Crippen molar-refractivity contribution in [3.05, 3.63) is 23.8 Å². The van der Waals surface area contributed by atoms with E-state index >= 15 is 0 Å². The van der Waals surface area contributed by atoms with Crippen LogP contribution in [0.3, 0.4) is 0 Å². The van der Waals surface area contributed by atoms with Gasteiger partial charge in [0, 0.05) is 0 Å². The van der Waals surface area contributed by atoms with Gasteiger partial charge in [0.15, 0.2) is 5.78 Å². The topological polar surface area (TPSA) is 73.9 Å². The van der Waals surface area contributed by atoms with Crippen LogP contribution in [-0.4, -0.2) is 39.2 Å². The second kappa shape index (κ2) is 6.63. The van der Waals surface area contributed by atoms with Gasteiger partial charge in [0.2, 0.25) is 0 Å². The zero-order valence-corrected chi connectivity index (χ0v) is 11.4. The van der Waals surface area contributed by atoms with Gasteiger partial charge in [0.1, 0.15) is 11.5 Å². The number of alkyl carbamates (subject to hydrolysis) is 1. The molecule has 0 fully saturated rings. The molecule has 0 saturated carbocycles. The molecule has 1 atom stereocenters. The lowest BCUT2D eigenvalue weighted by molar-refractivity contribution is 0.0937. The Hall–Kier alpha value is -2.24. The number of amides is 1. The van der Waals surface area contributed by atoms with Crippen LogP contribution < -0.4 is 14.8 Å². The average Bonchev–Trinajstić information content (AvgIpc) is 2.45. The molecule has 19 heavy (non-hydrogen) atoms. The molecule has 0 bridgehead atoms. The van der Waals surface area contributed by atoms with Crippen LogP contribution in [0.1, 0.15) is 17.3 Å². The fourth-order valence-electron chi connectivity index (χ4n) is 1.54. The van der Waals surface area contributed by atoms with Gasteiger partial charge in [-0.25, -0.2) is 4.79 Å². The molecule has 6 nitrogen and oxygen atoms in total. The Kier molecular flexibility index (Phi) is 5.17. The minimum Gasteiger partial charge on any atom is -0.497 e. The Morgan fingerprint density at radius 3 is 2.37 bits per heavy atom. The maximum absolute atomic E-state index is 12.2. The summed E-state index contributed by atoms with van der Waals surface area (Å²) in [5.41, 5.74) is 0.339. The summed E-state index contributed by atoms with van der Waals surface area (Å²) in [7, 11) is 4.21. The first-order chi connectivity index (χ1) is 9.03. The number of carbonyl (C=O) groups excluding carboxylic acids is 2. The third-order valence-corrected chi connectivity index (χ3v) is 2.59. The van der Waals surface area contributed by atoms with Gasteiger partial charge in [-0.1, -0.05) is 0 Å². The summed E-state index contributed by atoms with van der Waals surface area (Å²) in [6.45, 7) is 1.57. The standard InChI is InChI=1S/C13H17NO5/c1-8(14-13(16)19-4)12(15)10-7-9(17-2)5-6-11(10)18-3/h5-8H,1-4H3,(H,14,16). The lowest BCUT2D eigenvalue weighted by atomic mass is 10.0. The molecule has 0 aliphatic heterocycles. The summed E-state index contributed by atoms with van der Waals surface area (Å²) in [6, 6.07) is 4.16. The van der Waals surface area contributed by atoms with E-state index in [9.17, 15) is 9.59 Å². The molecule has 0 spiro atoms. The quantitative estimate of drug-likeness (QED) is 0.821. The highest BCUT2D eigenvalue weighted by atomic mass is 16.5. The number of methoxy groups -OCH3 is 3. The molecule has 1 N–H and O–H groups in total. The fourth-order valence-corrected chi connectivity index (χ4v) is 1.54. The second-order valence-electron chi connectivity index (χ2n) is 3.79. The lowest BCUT2D eigenvalue weighted by Gasteiger charge is -2.14. The number of benzene rings is 1. The number of hydrogen-bond acceptors (Lipinski definition) is 5. The largest absolute Gasteiger partial charge is 0.497 e. The van der Waals surface area contributed by atoms with E-state index in [1.54, 1.807) is 25.1 Å². The van der Waals surface area contributed by atoms with E-state index in [0.717, 1.165) is 0 Å². The summed E-state index contributed by atoms with van der Waals surface area (Å²) in [4.78, 5) is 23.3. The number of nitrogens with one attached hydrogen (secondary N) is 1.